The van der Waals surface area contributed by atoms with E-state index in [-0.39, 0.29) is 5.78 Å². The van der Waals surface area contributed by atoms with E-state index < -0.39 is 0 Å². The zero-order valence-corrected chi connectivity index (χ0v) is 8.42. The molecule has 0 unspecified atom stereocenters. The van der Waals surface area contributed by atoms with Crippen LogP contribution in [0.25, 0.3) is 5.65 Å². The van der Waals surface area contributed by atoms with E-state index in [0.717, 1.165) is 12.1 Å². The van der Waals surface area contributed by atoms with Gasteiger partial charge in [0.25, 0.3) is 0 Å². The molecule has 0 spiro atoms. The lowest BCUT2D eigenvalue weighted by Crippen LogP contribution is -2.08. The molecule has 0 aromatic carbocycles. The lowest BCUT2D eigenvalue weighted by Gasteiger charge is -2.00. The lowest BCUT2D eigenvalue weighted by atomic mass is 10.1. The van der Waals surface area contributed by atoms with Crippen LogP contribution >= 0.6 is 0 Å². The summed E-state index contributed by atoms with van der Waals surface area (Å²) in [5.74, 6) is 0.183. The molecule has 2 aromatic heterocycles. The van der Waals surface area contributed by atoms with Crippen LogP contribution in [0.5, 0.6) is 0 Å². The van der Waals surface area contributed by atoms with Crippen LogP contribution in [0.2, 0.25) is 0 Å². The maximum atomic E-state index is 11.5. The number of rotatable bonds is 4. The van der Waals surface area contributed by atoms with Crippen molar-refractivity contribution in [3.8, 4) is 0 Å². The van der Waals surface area contributed by atoms with Crippen molar-refractivity contribution >= 4 is 11.4 Å². The van der Waals surface area contributed by atoms with E-state index >= 15 is 0 Å². The van der Waals surface area contributed by atoms with E-state index in [1.54, 1.807) is 16.9 Å². The second-order valence-electron chi connectivity index (χ2n) is 3.31. The summed E-state index contributed by atoms with van der Waals surface area (Å²) in [6, 6.07) is 0. The smallest absolute Gasteiger partial charge is 0.197 e. The molecule has 0 bridgehead atoms. The van der Waals surface area contributed by atoms with Gasteiger partial charge in [-0.05, 0) is 16.8 Å². The second kappa shape index (κ2) is 4.12. The summed E-state index contributed by atoms with van der Waals surface area (Å²) >= 11 is 0. The highest BCUT2D eigenvalue weighted by molar-refractivity contribution is 5.80. The first-order chi connectivity index (χ1) is 7.31. The Morgan fingerprint density at radius 1 is 1.47 bits per heavy atom. The Labute approximate surface area is 86.3 Å². The van der Waals surface area contributed by atoms with Gasteiger partial charge in [-0.1, -0.05) is 6.92 Å². The molecule has 2 heterocycles. The Morgan fingerprint density at radius 2 is 2.33 bits per heavy atom. The van der Waals surface area contributed by atoms with E-state index in [0.29, 0.717) is 18.5 Å². The minimum absolute atomic E-state index is 0.183. The van der Waals surface area contributed by atoms with Crippen molar-refractivity contribution in [1.82, 2.24) is 25.0 Å². The van der Waals surface area contributed by atoms with Gasteiger partial charge in [-0.2, -0.15) is 4.52 Å². The molecule has 0 N–H and O–H groups in total. The molecular formula is C9H11N5O. The molecule has 0 aliphatic carbocycles. The van der Waals surface area contributed by atoms with E-state index in [1.807, 2.05) is 6.92 Å². The molecule has 6 heteroatoms. The highest BCUT2D eigenvalue weighted by Crippen LogP contribution is 2.03. The predicted octanol–water partition coefficient (Wildman–Crippen LogP) is 0.431. The number of hydrogen-bond acceptors (Lipinski definition) is 5. The minimum atomic E-state index is 0.183. The molecule has 0 amide bonds. The summed E-state index contributed by atoms with van der Waals surface area (Å²) in [5.41, 5.74) is 1.30. The maximum absolute atomic E-state index is 11.5. The van der Waals surface area contributed by atoms with Gasteiger partial charge in [0.15, 0.2) is 5.65 Å². The SMILES string of the molecule is CCCC(=O)Cc1cncc2nnnn12. The normalized spacial score (nSPS) is 10.7. The van der Waals surface area contributed by atoms with Gasteiger partial charge < -0.3 is 0 Å². The van der Waals surface area contributed by atoms with Gasteiger partial charge in [0.2, 0.25) is 0 Å². The lowest BCUT2D eigenvalue weighted by molar-refractivity contribution is -0.118. The van der Waals surface area contributed by atoms with Crippen LogP contribution in [0.3, 0.4) is 0 Å². The number of nitrogens with zero attached hydrogens (tertiary/aromatic N) is 5. The molecule has 0 atom stereocenters. The van der Waals surface area contributed by atoms with Crippen molar-refractivity contribution < 1.29 is 4.79 Å². The fraction of sp³-hybridized carbons (Fsp3) is 0.444. The first-order valence-corrected chi connectivity index (χ1v) is 4.84. The molecule has 2 aromatic rings. The number of ketones is 1. The van der Waals surface area contributed by atoms with Crippen LogP contribution in [0.15, 0.2) is 12.4 Å². The highest BCUT2D eigenvalue weighted by atomic mass is 16.1. The first kappa shape index (κ1) is 9.70. The zero-order chi connectivity index (χ0) is 10.7. The van der Waals surface area contributed by atoms with Crippen molar-refractivity contribution in [2.45, 2.75) is 26.2 Å². The summed E-state index contributed by atoms with van der Waals surface area (Å²) in [6.07, 6.45) is 4.96. The van der Waals surface area contributed by atoms with Gasteiger partial charge >= 0.3 is 0 Å². The molecular weight excluding hydrogens is 194 g/mol. The number of aromatic nitrogens is 5. The monoisotopic (exact) mass is 205 g/mol. The second-order valence-corrected chi connectivity index (χ2v) is 3.31. The molecule has 78 valence electrons. The van der Waals surface area contributed by atoms with Crippen molar-refractivity contribution in [2.24, 2.45) is 0 Å². The standard InChI is InChI=1S/C9H11N5O/c1-2-3-8(15)4-7-5-10-6-9-11-12-13-14(7)9/h5-6H,2-4H2,1H3. The zero-order valence-electron chi connectivity index (χ0n) is 8.42. The van der Waals surface area contributed by atoms with Gasteiger partial charge in [-0.15, -0.1) is 5.10 Å². The van der Waals surface area contributed by atoms with Gasteiger partial charge in [-0.3, -0.25) is 9.78 Å². The number of carbonyl (C=O) groups is 1. The van der Waals surface area contributed by atoms with Gasteiger partial charge in [0, 0.05) is 12.6 Å². The molecule has 0 aliphatic rings. The van der Waals surface area contributed by atoms with E-state index in [2.05, 4.69) is 20.5 Å². The van der Waals surface area contributed by atoms with Crippen LogP contribution in [-0.4, -0.2) is 30.8 Å². The maximum Gasteiger partial charge on any atom is 0.197 e. The highest BCUT2D eigenvalue weighted by Gasteiger charge is 2.08. The Hall–Kier alpha value is -1.85. The molecule has 0 aliphatic heterocycles. The van der Waals surface area contributed by atoms with Crippen LogP contribution in [-0.2, 0) is 11.2 Å². The Bertz CT molecular complexity index is 478. The largest absolute Gasteiger partial charge is 0.299 e. The predicted molar refractivity (Wildman–Crippen MR) is 52.2 cm³/mol. The Balaban J connectivity index is 2.27. The van der Waals surface area contributed by atoms with Crippen LogP contribution in [0.4, 0.5) is 0 Å². The number of fused-ring (bicyclic) bond motifs is 1. The average Bonchev–Trinajstić information content (AvgIpc) is 2.67. The summed E-state index contributed by atoms with van der Waals surface area (Å²) in [5, 5.41) is 11.1. The topological polar surface area (TPSA) is 73.0 Å². The summed E-state index contributed by atoms with van der Waals surface area (Å²) < 4.78 is 1.54. The van der Waals surface area contributed by atoms with Gasteiger partial charge in [0.05, 0.1) is 18.3 Å². The van der Waals surface area contributed by atoms with Crippen molar-refractivity contribution in [1.29, 1.82) is 0 Å². The average molecular weight is 205 g/mol. The molecule has 0 radical (unpaired) electrons. The van der Waals surface area contributed by atoms with Gasteiger partial charge in [-0.25, -0.2) is 0 Å². The molecule has 15 heavy (non-hydrogen) atoms. The fourth-order valence-corrected chi connectivity index (χ4v) is 1.41. The number of tetrazole rings is 1. The van der Waals surface area contributed by atoms with Crippen LogP contribution < -0.4 is 0 Å². The van der Waals surface area contributed by atoms with Crippen LogP contribution in [0, 0.1) is 0 Å². The molecule has 0 saturated carbocycles. The third kappa shape index (κ3) is 1.98. The van der Waals surface area contributed by atoms with Crippen molar-refractivity contribution in [2.75, 3.05) is 0 Å². The fourth-order valence-electron chi connectivity index (χ4n) is 1.41. The molecule has 2 rings (SSSR count). The first-order valence-electron chi connectivity index (χ1n) is 4.84. The van der Waals surface area contributed by atoms with E-state index in [1.165, 1.54) is 0 Å². The summed E-state index contributed by atoms with van der Waals surface area (Å²) in [7, 11) is 0. The number of hydrogen-bond donors (Lipinski definition) is 0. The molecule has 6 nitrogen and oxygen atoms in total. The number of Topliss-reactive ketones (excluding diaryl/α,β-unsaturated/α-hetero) is 1. The molecule has 0 fully saturated rings. The van der Waals surface area contributed by atoms with Crippen molar-refractivity contribution in [3.05, 3.63) is 18.1 Å². The van der Waals surface area contributed by atoms with E-state index in [4.69, 9.17) is 0 Å². The van der Waals surface area contributed by atoms with E-state index in [9.17, 15) is 4.79 Å². The number of carbonyl (C=O) groups excluding carboxylic acids is 1. The van der Waals surface area contributed by atoms with Crippen LogP contribution in [0.1, 0.15) is 25.5 Å². The Kier molecular flexibility index (Phi) is 2.66. The van der Waals surface area contributed by atoms with Crippen molar-refractivity contribution in [3.63, 3.8) is 0 Å². The third-order valence-corrected chi connectivity index (χ3v) is 2.09. The molecule has 0 saturated heterocycles. The minimum Gasteiger partial charge on any atom is -0.299 e. The summed E-state index contributed by atoms with van der Waals surface area (Å²) in [4.78, 5) is 15.5. The summed E-state index contributed by atoms with van der Waals surface area (Å²) in [6.45, 7) is 1.98. The Morgan fingerprint density at radius 3 is 3.13 bits per heavy atom. The third-order valence-electron chi connectivity index (χ3n) is 2.09. The quantitative estimate of drug-likeness (QED) is 0.723. The van der Waals surface area contributed by atoms with Gasteiger partial charge in [0.1, 0.15) is 5.78 Å².